The Hall–Kier alpha value is -2.17. The van der Waals surface area contributed by atoms with Crippen molar-refractivity contribution in [3.63, 3.8) is 0 Å². The molecule has 1 aliphatic heterocycles. The number of benzene rings is 1. The average molecular weight is 328 g/mol. The average Bonchev–Trinajstić information content (AvgIpc) is 3.20. The third kappa shape index (κ3) is 4.22. The molecule has 1 aromatic carbocycles. The van der Waals surface area contributed by atoms with E-state index in [2.05, 4.69) is 5.32 Å². The Morgan fingerprint density at radius 2 is 1.67 bits per heavy atom. The van der Waals surface area contributed by atoms with Gasteiger partial charge >= 0.3 is 0 Å². The molecule has 0 radical (unpaired) electrons. The van der Waals surface area contributed by atoms with Gasteiger partial charge in [-0.2, -0.15) is 0 Å². The van der Waals surface area contributed by atoms with E-state index in [1.54, 1.807) is 0 Å². The van der Waals surface area contributed by atoms with Crippen LogP contribution in [-0.4, -0.2) is 22.6 Å². The number of carbonyl (C=O) groups excluding carboxylic acids is 3. The van der Waals surface area contributed by atoms with Gasteiger partial charge in [-0.3, -0.25) is 19.3 Å². The molecule has 24 heavy (non-hydrogen) atoms. The van der Waals surface area contributed by atoms with Gasteiger partial charge in [0.25, 0.3) is 0 Å². The maximum absolute atomic E-state index is 12.0. The van der Waals surface area contributed by atoms with Crippen LogP contribution in [0.25, 0.3) is 0 Å². The van der Waals surface area contributed by atoms with Crippen molar-refractivity contribution >= 4 is 23.4 Å². The number of nitrogens with zero attached hydrogens (tertiary/aromatic N) is 1. The van der Waals surface area contributed by atoms with Gasteiger partial charge in [0.1, 0.15) is 0 Å². The smallest absolute Gasteiger partial charge is 0.229 e. The number of nitrogens with one attached hydrogen (secondary N) is 1. The van der Waals surface area contributed by atoms with Gasteiger partial charge in [0.15, 0.2) is 0 Å². The summed E-state index contributed by atoms with van der Waals surface area (Å²) in [6.45, 7) is 0.313. The minimum atomic E-state index is -0.107. The van der Waals surface area contributed by atoms with Crippen LogP contribution in [0.15, 0.2) is 24.3 Å². The van der Waals surface area contributed by atoms with Crippen LogP contribution in [-0.2, 0) is 20.9 Å². The van der Waals surface area contributed by atoms with Crippen LogP contribution in [0.5, 0.6) is 0 Å². The molecule has 3 amide bonds. The van der Waals surface area contributed by atoms with Gasteiger partial charge in [-0.05, 0) is 30.0 Å². The van der Waals surface area contributed by atoms with E-state index in [4.69, 9.17) is 0 Å². The molecule has 2 aliphatic rings. The molecule has 5 nitrogen and oxygen atoms in total. The van der Waals surface area contributed by atoms with Crippen LogP contribution < -0.4 is 5.32 Å². The number of rotatable bonds is 6. The molecule has 0 aromatic heterocycles. The second-order valence-electron chi connectivity index (χ2n) is 6.81. The first-order valence-electron chi connectivity index (χ1n) is 8.84. The van der Waals surface area contributed by atoms with Crippen molar-refractivity contribution in [2.24, 2.45) is 5.92 Å². The van der Waals surface area contributed by atoms with Crippen molar-refractivity contribution in [2.75, 3.05) is 5.32 Å². The molecular weight excluding hydrogens is 304 g/mol. The van der Waals surface area contributed by atoms with E-state index >= 15 is 0 Å². The van der Waals surface area contributed by atoms with Crippen LogP contribution in [0.1, 0.15) is 56.9 Å². The first-order chi connectivity index (χ1) is 11.6. The highest BCUT2D eigenvalue weighted by Gasteiger charge is 2.28. The van der Waals surface area contributed by atoms with Crippen molar-refractivity contribution in [1.82, 2.24) is 4.90 Å². The highest BCUT2D eigenvalue weighted by molar-refractivity contribution is 6.01. The largest absolute Gasteiger partial charge is 0.326 e. The third-order valence-corrected chi connectivity index (χ3v) is 4.99. The lowest BCUT2D eigenvalue weighted by Gasteiger charge is -2.14. The number of likely N-dealkylation sites (tertiary alicyclic amines) is 1. The number of anilines is 1. The van der Waals surface area contributed by atoms with Gasteiger partial charge in [0, 0.05) is 24.9 Å². The molecule has 1 heterocycles. The molecule has 5 heteroatoms. The lowest BCUT2D eigenvalue weighted by molar-refractivity contribution is -0.139. The van der Waals surface area contributed by atoms with Crippen molar-refractivity contribution in [3.8, 4) is 0 Å². The van der Waals surface area contributed by atoms with Gasteiger partial charge in [-0.15, -0.1) is 0 Å². The van der Waals surface area contributed by atoms with Crippen LogP contribution in [0.3, 0.4) is 0 Å². The Balaban J connectivity index is 1.48. The molecule has 0 unspecified atom stereocenters. The lowest BCUT2D eigenvalue weighted by Crippen LogP contribution is -2.28. The number of carbonyl (C=O) groups is 3. The SMILES string of the molecule is O=C(CCC1CCCC1)Nc1ccc(CN2C(=O)CCC2=O)cc1. The van der Waals surface area contributed by atoms with E-state index in [1.165, 1.54) is 30.6 Å². The molecule has 3 rings (SSSR count). The van der Waals surface area contributed by atoms with Crippen LogP contribution >= 0.6 is 0 Å². The van der Waals surface area contributed by atoms with Gasteiger partial charge in [-0.1, -0.05) is 37.8 Å². The topological polar surface area (TPSA) is 66.5 Å². The van der Waals surface area contributed by atoms with Gasteiger partial charge < -0.3 is 5.32 Å². The lowest BCUT2D eigenvalue weighted by atomic mass is 10.0. The van der Waals surface area contributed by atoms with E-state index in [1.807, 2.05) is 24.3 Å². The maximum Gasteiger partial charge on any atom is 0.229 e. The standard InChI is InChI=1S/C19H24N2O3/c22-17(10-7-14-3-1-2-4-14)20-16-8-5-15(6-9-16)13-21-18(23)11-12-19(21)24/h5-6,8-9,14H,1-4,7,10-13H2,(H,20,22). The molecular formula is C19H24N2O3. The van der Waals surface area contributed by atoms with E-state index in [9.17, 15) is 14.4 Å². The van der Waals surface area contributed by atoms with Crippen molar-refractivity contribution in [1.29, 1.82) is 0 Å². The van der Waals surface area contributed by atoms with Crippen molar-refractivity contribution in [3.05, 3.63) is 29.8 Å². The number of hydrogen-bond acceptors (Lipinski definition) is 3. The maximum atomic E-state index is 12.0. The summed E-state index contributed by atoms with van der Waals surface area (Å²) in [6.07, 6.45) is 7.30. The molecule has 1 N–H and O–H groups in total. The fourth-order valence-electron chi connectivity index (χ4n) is 3.53. The van der Waals surface area contributed by atoms with Gasteiger partial charge in [0.05, 0.1) is 6.54 Å². The van der Waals surface area contributed by atoms with Crippen LogP contribution in [0, 0.1) is 5.92 Å². The van der Waals surface area contributed by atoms with E-state index in [-0.39, 0.29) is 17.7 Å². The van der Waals surface area contributed by atoms with Gasteiger partial charge in [0.2, 0.25) is 17.7 Å². The normalized spacial score (nSPS) is 18.4. The fraction of sp³-hybridized carbons (Fsp3) is 0.526. The van der Waals surface area contributed by atoms with E-state index < -0.39 is 0 Å². The highest BCUT2D eigenvalue weighted by Crippen LogP contribution is 2.28. The molecule has 1 aromatic rings. The second kappa shape index (κ2) is 7.60. The Kier molecular flexibility index (Phi) is 5.28. The Bertz CT molecular complexity index is 602. The van der Waals surface area contributed by atoms with Gasteiger partial charge in [-0.25, -0.2) is 0 Å². The monoisotopic (exact) mass is 328 g/mol. The Labute approximate surface area is 142 Å². The first kappa shape index (κ1) is 16.7. The predicted molar refractivity (Wildman–Crippen MR) is 91.1 cm³/mol. The summed E-state index contributed by atoms with van der Waals surface area (Å²) >= 11 is 0. The quantitative estimate of drug-likeness (QED) is 0.815. The summed E-state index contributed by atoms with van der Waals surface area (Å²) in [5, 5.41) is 2.92. The molecule has 2 fully saturated rings. The molecule has 0 atom stereocenters. The summed E-state index contributed by atoms with van der Waals surface area (Å²) in [4.78, 5) is 36.6. The Morgan fingerprint density at radius 3 is 2.29 bits per heavy atom. The zero-order chi connectivity index (χ0) is 16.9. The summed E-state index contributed by atoms with van der Waals surface area (Å²) in [5.74, 6) is 0.557. The molecule has 0 bridgehead atoms. The number of amides is 3. The van der Waals surface area contributed by atoms with E-state index in [0.717, 1.165) is 17.7 Å². The van der Waals surface area contributed by atoms with Crippen molar-refractivity contribution < 1.29 is 14.4 Å². The summed E-state index contributed by atoms with van der Waals surface area (Å²) in [7, 11) is 0. The van der Waals surface area contributed by atoms with Crippen molar-refractivity contribution in [2.45, 2.75) is 57.9 Å². The zero-order valence-electron chi connectivity index (χ0n) is 13.9. The third-order valence-electron chi connectivity index (χ3n) is 4.99. The van der Waals surface area contributed by atoms with E-state index in [0.29, 0.717) is 31.7 Å². The Morgan fingerprint density at radius 1 is 1.04 bits per heavy atom. The highest BCUT2D eigenvalue weighted by atomic mass is 16.2. The summed E-state index contributed by atoms with van der Waals surface area (Å²) in [5.41, 5.74) is 1.65. The minimum Gasteiger partial charge on any atom is -0.326 e. The molecule has 1 saturated carbocycles. The minimum absolute atomic E-state index is 0.0551. The van der Waals surface area contributed by atoms with Crippen LogP contribution in [0.2, 0.25) is 0 Å². The molecule has 128 valence electrons. The summed E-state index contributed by atoms with van der Waals surface area (Å²) < 4.78 is 0. The predicted octanol–water partition coefficient (Wildman–Crippen LogP) is 3.24. The number of imide groups is 1. The second-order valence-corrected chi connectivity index (χ2v) is 6.81. The molecule has 0 spiro atoms. The fourth-order valence-corrected chi connectivity index (χ4v) is 3.53. The van der Waals surface area contributed by atoms with Crippen LogP contribution in [0.4, 0.5) is 5.69 Å². The zero-order valence-corrected chi connectivity index (χ0v) is 13.9. The number of hydrogen-bond donors (Lipinski definition) is 1. The molecule has 1 saturated heterocycles. The first-order valence-corrected chi connectivity index (χ1v) is 8.84. The summed E-state index contributed by atoms with van der Waals surface area (Å²) in [6, 6.07) is 7.36. The molecule has 1 aliphatic carbocycles.